The Balaban J connectivity index is 2.97. The standard InChI is InChI=1S/C11H20N2O/c1-4-11(3,5-2)10-12-6-7-13(10)8-9-14/h6-7,14H,4-5,8-9H2,1-3H3. The predicted octanol–water partition coefficient (Wildman–Crippen LogP) is 1.95. The lowest BCUT2D eigenvalue weighted by molar-refractivity contribution is 0.267. The van der Waals surface area contributed by atoms with Gasteiger partial charge in [-0.15, -0.1) is 0 Å². The summed E-state index contributed by atoms with van der Waals surface area (Å²) in [4.78, 5) is 4.40. The molecule has 14 heavy (non-hydrogen) atoms. The van der Waals surface area contributed by atoms with E-state index in [0.29, 0.717) is 6.54 Å². The summed E-state index contributed by atoms with van der Waals surface area (Å²) in [5.41, 5.74) is 0.138. The Kier molecular flexibility index (Phi) is 3.69. The van der Waals surface area contributed by atoms with Crippen molar-refractivity contribution in [3.05, 3.63) is 18.2 Å². The quantitative estimate of drug-likeness (QED) is 0.781. The number of hydrogen-bond donors (Lipinski definition) is 1. The lowest BCUT2D eigenvalue weighted by atomic mass is 9.84. The molecule has 1 heterocycles. The van der Waals surface area contributed by atoms with Crippen molar-refractivity contribution < 1.29 is 5.11 Å². The van der Waals surface area contributed by atoms with E-state index >= 15 is 0 Å². The molecule has 0 aliphatic carbocycles. The van der Waals surface area contributed by atoms with Gasteiger partial charge in [-0.3, -0.25) is 0 Å². The maximum Gasteiger partial charge on any atom is 0.114 e. The summed E-state index contributed by atoms with van der Waals surface area (Å²) in [5.74, 6) is 1.09. The molecule has 80 valence electrons. The van der Waals surface area contributed by atoms with Crippen molar-refractivity contribution in [2.24, 2.45) is 0 Å². The predicted molar refractivity (Wildman–Crippen MR) is 57.2 cm³/mol. The summed E-state index contributed by atoms with van der Waals surface area (Å²) in [6.45, 7) is 7.41. The van der Waals surface area contributed by atoms with Crippen molar-refractivity contribution in [1.82, 2.24) is 9.55 Å². The van der Waals surface area contributed by atoms with Gasteiger partial charge in [0.05, 0.1) is 6.61 Å². The fourth-order valence-electron chi connectivity index (χ4n) is 1.69. The Morgan fingerprint density at radius 1 is 1.43 bits per heavy atom. The van der Waals surface area contributed by atoms with E-state index in [4.69, 9.17) is 5.11 Å². The summed E-state index contributed by atoms with van der Waals surface area (Å²) in [6.07, 6.45) is 5.90. The van der Waals surface area contributed by atoms with Crippen LogP contribution in [0.15, 0.2) is 12.4 Å². The van der Waals surface area contributed by atoms with Crippen LogP contribution in [0.1, 0.15) is 39.4 Å². The van der Waals surface area contributed by atoms with Crippen molar-refractivity contribution >= 4 is 0 Å². The monoisotopic (exact) mass is 196 g/mol. The molecule has 0 saturated carbocycles. The Bertz CT molecular complexity index is 277. The average Bonchev–Trinajstić information content (AvgIpc) is 2.66. The van der Waals surface area contributed by atoms with Crippen molar-refractivity contribution in [3.8, 4) is 0 Å². The van der Waals surface area contributed by atoms with Gasteiger partial charge in [0.25, 0.3) is 0 Å². The van der Waals surface area contributed by atoms with E-state index < -0.39 is 0 Å². The number of rotatable bonds is 5. The molecule has 3 heteroatoms. The highest BCUT2D eigenvalue weighted by molar-refractivity contribution is 5.07. The fourth-order valence-corrected chi connectivity index (χ4v) is 1.69. The van der Waals surface area contributed by atoms with Crippen LogP contribution in [-0.4, -0.2) is 21.3 Å². The van der Waals surface area contributed by atoms with E-state index in [1.165, 1.54) is 0 Å². The van der Waals surface area contributed by atoms with Crippen LogP contribution in [0.25, 0.3) is 0 Å². The van der Waals surface area contributed by atoms with Crippen molar-refractivity contribution in [3.63, 3.8) is 0 Å². The third-order valence-corrected chi connectivity index (χ3v) is 3.16. The number of imidazole rings is 1. The van der Waals surface area contributed by atoms with Crippen LogP contribution in [0.2, 0.25) is 0 Å². The first-order valence-electron chi connectivity index (χ1n) is 5.30. The zero-order valence-corrected chi connectivity index (χ0v) is 9.32. The highest BCUT2D eigenvalue weighted by Gasteiger charge is 2.26. The molecule has 1 aromatic heterocycles. The SMILES string of the molecule is CCC(C)(CC)c1nccn1CCO. The minimum Gasteiger partial charge on any atom is -0.395 e. The molecule has 0 bridgehead atoms. The second-order valence-electron chi connectivity index (χ2n) is 3.94. The molecule has 0 saturated heterocycles. The van der Waals surface area contributed by atoms with Gasteiger partial charge in [-0.05, 0) is 12.8 Å². The van der Waals surface area contributed by atoms with Gasteiger partial charge in [0.15, 0.2) is 0 Å². The van der Waals surface area contributed by atoms with Crippen LogP contribution in [0.4, 0.5) is 0 Å². The van der Waals surface area contributed by atoms with Crippen molar-refractivity contribution in [1.29, 1.82) is 0 Å². The first-order chi connectivity index (χ1) is 6.68. The molecule has 0 aliphatic heterocycles. The summed E-state index contributed by atoms with van der Waals surface area (Å²) in [5, 5.41) is 8.93. The van der Waals surface area contributed by atoms with Crippen LogP contribution in [0.3, 0.4) is 0 Å². The van der Waals surface area contributed by atoms with Gasteiger partial charge in [-0.2, -0.15) is 0 Å². The maximum absolute atomic E-state index is 8.93. The van der Waals surface area contributed by atoms with Crippen LogP contribution < -0.4 is 0 Å². The molecule has 3 nitrogen and oxygen atoms in total. The molecule has 1 aromatic rings. The maximum atomic E-state index is 8.93. The molecule has 0 aromatic carbocycles. The van der Waals surface area contributed by atoms with Crippen LogP contribution >= 0.6 is 0 Å². The Hall–Kier alpha value is -0.830. The normalized spacial score (nSPS) is 12.0. The Morgan fingerprint density at radius 3 is 2.57 bits per heavy atom. The van der Waals surface area contributed by atoms with Crippen LogP contribution in [-0.2, 0) is 12.0 Å². The smallest absolute Gasteiger partial charge is 0.114 e. The first kappa shape index (κ1) is 11.2. The lowest BCUT2D eigenvalue weighted by Gasteiger charge is -2.26. The molecule has 0 spiro atoms. The number of aliphatic hydroxyl groups is 1. The number of nitrogens with zero attached hydrogens (tertiary/aromatic N) is 2. The van der Waals surface area contributed by atoms with E-state index in [-0.39, 0.29) is 12.0 Å². The molecule has 0 amide bonds. The number of hydrogen-bond acceptors (Lipinski definition) is 2. The van der Waals surface area contributed by atoms with E-state index in [0.717, 1.165) is 18.7 Å². The second-order valence-corrected chi connectivity index (χ2v) is 3.94. The first-order valence-corrected chi connectivity index (χ1v) is 5.30. The van der Waals surface area contributed by atoms with E-state index in [1.807, 2.05) is 17.0 Å². The molecule has 0 atom stereocenters. The summed E-state index contributed by atoms with van der Waals surface area (Å²) < 4.78 is 2.05. The molecule has 1 rings (SSSR count). The topological polar surface area (TPSA) is 38.0 Å². The molecule has 0 aliphatic rings. The van der Waals surface area contributed by atoms with Crippen LogP contribution in [0.5, 0.6) is 0 Å². The average molecular weight is 196 g/mol. The summed E-state index contributed by atoms with van der Waals surface area (Å²) in [6, 6.07) is 0. The largest absolute Gasteiger partial charge is 0.395 e. The van der Waals surface area contributed by atoms with Crippen molar-refractivity contribution in [2.75, 3.05) is 6.61 Å². The molecule has 0 unspecified atom stereocenters. The molecule has 0 radical (unpaired) electrons. The fraction of sp³-hybridized carbons (Fsp3) is 0.727. The van der Waals surface area contributed by atoms with Gasteiger partial charge in [0.2, 0.25) is 0 Å². The van der Waals surface area contributed by atoms with Gasteiger partial charge < -0.3 is 9.67 Å². The highest BCUT2D eigenvalue weighted by atomic mass is 16.3. The Labute approximate surface area is 85.8 Å². The van der Waals surface area contributed by atoms with Gasteiger partial charge in [-0.25, -0.2) is 4.98 Å². The van der Waals surface area contributed by atoms with E-state index in [9.17, 15) is 0 Å². The summed E-state index contributed by atoms with van der Waals surface area (Å²) >= 11 is 0. The molecular formula is C11H20N2O. The van der Waals surface area contributed by atoms with E-state index in [2.05, 4.69) is 25.8 Å². The van der Waals surface area contributed by atoms with Gasteiger partial charge in [0, 0.05) is 24.4 Å². The minimum atomic E-state index is 0.138. The lowest BCUT2D eigenvalue weighted by Crippen LogP contribution is -2.25. The highest BCUT2D eigenvalue weighted by Crippen LogP contribution is 2.29. The third-order valence-electron chi connectivity index (χ3n) is 3.16. The summed E-state index contributed by atoms with van der Waals surface area (Å²) in [7, 11) is 0. The van der Waals surface area contributed by atoms with Gasteiger partial charge in [-0.1, -0.05) is 20.8 Å². The zero-order chi connectivity index (χ0) is 10.6. The Morgan fingerprint density at radius 2 is 2.07 bits per heavy atom. The van der Waals surface area contributed by atoms with E-state index in [1.54, 1.807) is 0 Å². The molecule has 1 N–H and O–H groups in total. The minimum absolute atomic E-state index is 0.138. The zero-order valence-electron chi connectivity index (χ0n) is 9.32. The number of aromatic nitrogens is 2. The van der Waals surface area contributed by atoms with Crippen LogP contribution in [0, 0.1) is 0 Å². The molecular weight excluding hydrogens is 176 g/mol. The molecule has 0 fully saturated rings. The van der Waals surface area contributed by atoms with Gasteiger partial charge in [0.1, 0.15) is 5.82 Å². The van der Waals surface area contributed by atoms with Crippen molar-refractivity contribution in [2.45, 2.75) is 45.6 Å². The number of aliphatic hydroxyl groups excluding tert-OH is 1. The van der Waals surface area contributed by atoms with Gasteiger partial charge >= 0.3 is 0 Å². The second kappa shape index (κ2) is 4.60. The third kappa shape index (κ3) is 1.98.